The molecule has 0 aliphatic carbocycles. The number of anilines is 2. The van der Waals surface area contributed by atoms with E-state index >= 15 is 0 Å². The Bertz CT molecular complexity index is 937. The Kier molecular flexibility index (Phi) is 7.28. The van der Waals surface area contributed by atoms with Gasteiger partial charge in [0, 0.05) is 24.2 Å². The number of hydrogen-bond acceptors (Lipinski definition) is 4. The molecule has 0 spiro atoms. The summed E-state index contributed by atoms with van der Waals surface area (Å²) >= 11 is 0. The molecule has 3 rings (SSSR count). The zero-order valence-corrected chi connectivity index (χ0v) is 18.1. The summed E-state index contributed by atoms with van der Waals surface area (Å²) in [5.41, 5.74) is 7.66. The Hall–Kier alpha value is -3.35. The minimum atomic E-state index is -0.737. The third-order valence-corrected chi connectivity index (χ3v) is 5.51. The highest BCUT2D eigenvalue weighted by Gasteiger charge is 2.26. The largest absolute Gasteiger partial charge is 0.370 e. The fourth-order valence-corrected chi connectivity index (χ4v) is 3.76. The SMILES string of the molecule is CC(C)C(NC(=O)c1ccccc1)C(=O)Nc1cc(C(N)=O)ccc1N1CCCCC1. The lowest BCUT2D eigenvalue weighted by Crippen LogP contribution is -2.47. The first-order valence-corrected chi connectivity index (χ1v) is 10.7. The van der Waals surface area contributed by atoms with Gasteiger partial charge in [-0.2, -0.15) is 0 Å². The van der Waals surface area contributed by atoms with Crippen LogP contribution in [0.15, 0.2) is 48.5 Å². The van der Waals surface area contributed by atoms with Crippen molar-refractivity contribution in [3.8, 4) is 0 Å². The van der Waals surface area contributed by atoms with Gasteiger partial charge in [-0.3, -0.25) is 14.4 Å². The van der Waals surface area contributed by atoms with E-state index in [-0.39, 0.29) is 17.7 Å². The number of carbonyl (C=O) groups excluding carboxylic acids is 3. The molecule has 7 heteroatoms. The highest BCUT2D eigenvalue weighted by atomic mass is 16.2. The molecular weight excluding hydrogens is 392 g/mol. The molecule has 7 nitrogen and oxygen atoms in total. The molecule has 1 atom stereocenters. The minimum Gasteiger partial charge on any atom is -0.370 e. The molecule has 0 radical (unpaired) electrons. The van der Waals surface area contributed by atoms with E-state index in [1.165, 1.54) is 6.42 Å². The monoisotopic (exact) mass is 422 g/mol. The van der Waals surface area contributed by atoms with Crippen LogP contribution in [0, 0.1) is 5.92 Å². The van der Waals surface area contributed by atoms with Crippen molar-refractivity contribution >= 4 is 29.1 Å². The van der Waals surface area contributed by atoms with Crippen molar-refractivity contribution in [2.75, 3.05) is 23.3 Å². The molecule has 164 valence electrons. The van der Waals surface area contributed by atoms with Crippen LogP contribution < -0.4 is 21.3 Å². The summed E-state index contributed by atoms with van der Waals surface area (Å²) in [5.74, 6) is -1.33. The van der Waals surface area contributed by atoms with Gasteiger partial charge in [-0.1, -0.05) is 32.0 Å². The molecule has 2 aromatic carbocycles. The van der Waals surface area contributed by atoms with Gasteiger partial charge < -0.3 is 21.3 Å². The van der Waals surface area contributed by atoms with Crippen LogP contribution in [0.2, 0.25) is 0 Å². The highest BCUT2D eigenvalue weighted by molar-refractivity contribution is 6.04. The molecule has 1 aliphatic rings. The van der Waals surface area contributed by atoms with Crippen molar-refractivity contribution in [2.45, 2.75) is 39.2 Å². The van der Waals surface area contributed by atoms with Crippen LogP contribution in [0.3, 0.4) is 0 Å². The van der Waals surface area contributed by atoms with Crippen LogP contribution in [0.25, 0.3) is 0 Å². The smallest absolute Gasteiger partial charge is 0.251 e. The number of nitrogens with zero attached hydrogens (tertiary/aromatic N) is 1. The van der Waals surface area contributed by atoms with Gasteiger partial charge in [-0.05, 0) is 55.5 Å². The van der Waals surface area contributed by atoms with E-state index in [0.717, 1.165) is 31.6 Å². The number of amides is 3. The van der Waals surface area contributed by atoms with Gasteiger partial charge in [0.1, 0.15) is 6.04 Å². The van der Waals surface area contributed by atoms with Gasteiger partial charge >= 0.3 is 0 Å². The molecular formula is C24H30N4O3. The lowest BCUT2D eigenvalue weighted by atomic mass is 10.0. The second-order valence-electron chi connectivity index (χ2n) is 8.19. The van der Waals surface area contributed by atoms with Crippen LogP contribution >= 0.6 is 0 Å². The van der Waals surface area contributed by atoms with Crippen LogP contribution in [-0.4, -0.2) is 36.9 Å². The number of nitrogens with one attached hydrogen (secondary N) is 2. The normalized spacial score (nSPS) is 14.7. The lowest BCUT2D eigenvalue weighted by molar-refractivity contribution is -0.118. The molecule has 2 aromatic rings. The third kappa shape index (κ3) is 5.63. The molecule has 3 amide bonds. The summed E-state index contributed by atoms with van der Waals surface area (Å²) in [4.78, 5) is 39.7. The molecule has 0 bridgehead atoms. The maximum Gasteiger partial charge on any atom is 0.251 e. The Balaban J connectivity index is 1.84. The summed E-state index contributed by atoms with van der Waals surface area (Å²) in [5, 5.41) is 5.77. The van der Waals surface area contributed by atoms with Crippen LogP contribution in [-0.2, 0) is 4.79 Å². The Morgan fingerprint density at radius 1 is 0.935 bits per heavy atom. The molecule has 1 unspecified atom stereocenters. The topological polar surface area (TPSA) is 105 Å². The number of piperidine rings is 1. The van der Waals surface area contributed by atoms with Gasteiger partial charge in [0.05, 0.1) is 11.4 Å². The van der Waals surface area contributed by atoms with E-state index in [2.05, 4.69) is 15.5 Å². The van der Waals surface area contributed by atoms with Crippen molar-refractivity contribution in [1.29, 1.82) is 0 Å². The van der Waals surface area contributed by atoms with E-state index in [9.17, 15) is 14.4 Å². The van der Waals surface area contributed by atoms with Crippen molar-refractivity contribution in [3.63, 3.8) is 0 Å². The summed E-state index contributed by atoms with van der Waals surface area (Å²) < 4.78 is 0. The van der Waals surface area contributed by atoms with E-state index in [0.29, 0.717) is 16.8 Å². The van der Waals surface area contributed by atoms with Crippen molar-refractivity contribution in [1.82, 2.24) is 5.32 Å². The quantitative estimate of drug-likeness (QED) is 0.637. The standard InChI is InChI=1S/C24H30N4O3/c1-16(2)21(27-23(30)17-9-5-3-6-10-17)24(31)26-19-15-18(22(25)29)11-12-20(19)28-13-7-4-8-14-28/h3,5-6,9-12,15-16,21H,4,7-8,13-14H2,1-2H3,(H2,25,29)(H,26,31)(H,27,30). The number of nitrogens with two attached hydrogens (primary N) is 1. The number of hydrogen-bond donors (Lipinski definition) is 3. The third-order valence-electron chi connectivity index (χ3n) is 5.51. The average molecular weight is 423 g/mol. The minimum absolute atomic E-state index is 0.134. The number of carbonyl (C=O) groups is 3. The van der Waals surface area contributed by atoms with E-state index < -0.39 is 11.9 Å². The predicted molar refractivity (Wildman–Crippen MR) is 122 cm³/mol. The second-order valence-corrected chi connectivity index (χ2v) is 8.19. The fraction of sp³-hybridized carbons (Fsp3) is 0.375. The Morgan fingerprint density at radius 2 is 1.61 bits per heavy atom. The molecule has 1 heterocycles. The molecule has 1 fully saturated rings. The molecule has 1 aliphatic heterocycles. The zero-order valence-electron chi connectivity index (χ0n) is 18.1. The first-order valence-electron chi connectivity index (χ1n) is 10.7. The maximum atomic E-state index is 13.2. The highest BCUT2D eigenvalue weighted by Crippen LogP contribution is 2.30. The van der Waals surface area contributed by atoms with Gasteiger partial charge in [0.2, 0.25) is 11.8 Å². The van der Waals surface area contributed by atoms with E-state index in [1.807, 2.05) is 26.0 Å². The molecule has 0 aromatic heterocycles. The van der Waals surface area contributed by atoms with Crippen molar-refractivity contribution in [3.05, 3.63) is 59.7 Å². The maximum absolute atomic E-state index is 13.2. The van der Waals surface area contributed by atoms with Crippen LogP contribution in [0.1, 0.15) is 53.8 Å². The van der Waals surface area contributed by atoms with Gasteiger partial charge in [-0.25, -0.2) is 0 Å². The fourth-order valence-electron chi connectivity index (χ4n) is 3.76. The number of rotatable bonds is 7. The first-order chi connectivity index (χ1) is 14.9. The average Bonchev–Trinajstić information content (AvgIpc) is 2.78. The van der Waals surface area contributed by atoms with Crippen molar-refractivity contribution in [2.24, 2.45) is 11.7 Å². The number of primary amides is 1. The Morgan fingerprint density at radius 3 is 2.23 bits per heavy atom. The predicted octanol–water partition coefficient (Wildman–Crippen LogP) is 3.17. The summed E-state index contributed by atoms with van der Waals surface area (Å²) in [6, 6.07) is 13.2. The van der Waals surface area contributed by atoms with Gasteiger partial charge in [0.25, 0.3) is 5.91 Å². The zero-order chi connectivity index (χ0) is 22.4. The summed E-state index contributed by atoms with van der Waals surface area (Å²) in [6.45, 7) is 5.52. The summed E-state index contributed by atoms with van der Waals surface area (Å²) in [7, 11) is 0. The van der Waals surface area contributed by atoms with Crippen LogP contribution in [0.4, 0.5) is 11.4 Å². The van der Waals surface area contributed by atoms with Gasteiger partial charge in [-0.15, -0.1) is 0 Å². The molecule has 0 saturated carbocycles. The molecule has 4 N–H and O–H groups in total. The Labute approximate surface area is 183 Å². The van der Waals surface area contributed by atoms with E-state index in [1.54, 1.807) is 36.4 Å². The molecule has 31 heavy (non-hydrogen) atoms. The van der Waals surface area contributed by atoms with E-state index in [4.69, 9.17) is 5.73 Å². The lowest BCUT2D eigenvalue weighted by Gasteiger charge is -2.31. The van der Waals surface area contributed by atoms with Crippen LogP contribution in [0.5, 0.6) is 0 Å². The first kappa shape index (κ1) is 22.3. The molecule has 1 saturated heterocycles. The number of benzene rings is 2. The van der Waals surface area contributed by atoms with Crippen molar-refractivity contribution < 1.29 is 14.4 Å². The van der Waals surface area contributed by atoms with Gasteiger partial charge in [0.15, 0.2) is 0 Å². The summed E-state index contributed by atoms with van der Waals surface area (Å²) in [6.07, 6.45) is 3.33. The second kappa shape index (κ2) is 10.1.